The molecule has 1 aliphatic rings. The average molecular weight is 316 g/mol. The van der Waals surface area contributed by atoms with Gasteiger partial charge in [-0.3, -0.25) is 9.69 Å². The maximum Gasteiger partial charge on any atom is 0.416 e. The van der Waals surface area contributed by atoms with E-state index in [-0.39, 0.29) is 18.9 Å². The molecule has 0 saturated carbocycles. The Hall–Kier alpha value is -1.60. The molecule has 0 aliphatic carbocycles. The number of benzene rings is 1. The minimum absolute atomic E-state index is 0.0239. The van der Waals surface area contributed by atoms with E-state index in [1.807, 2.05) is 4.90 Å². The van der Waals surface area contributed by atoms with E-state index in [1.165, 1.54) is 12.1 Å². The topological polar surface area (TPSA) is 43.8 Å². The average Bonchev–Trinajstić information content (AvgIpc) is 2.48. The largest absolute Gasteiger partial charge is 0.416 e. The molecule has 122 valence electrons. The van der Waals surface area contributed by atoms with E-state index < -0.39 is 11.7 Å². The van der Waals surface area contributed by atoms with Crippen LogP contribution in [0.3, 0.4) is 0 Å². The summed E-state index contributed by atoms with van der Waals surface area (Å²) in [5.74, 6) is -0.164. The van der Waals surface area contributed by atoms with Crippen molar-refractivity contribution in [1.82, 2.24) is 9.80 Å². The van der Waals surface area contributed by atoms with Crippen molar-refractivity contribution in [3.8, 4) is 0 Å². The molecule has 1 amide bonds. The van der Waals surface area contributed by atoms with Gasteiger partial charge in [-0.05, 0) is 11.6 Å². The highest BCUT2D eigenvalue weighted by atomic mass is 19.4. The fraction of sp³-hybridized carbons (Fsp3) is 0.533. The summed E-state index contributed by atoms with van der Waals surface area (Å²) in [5, 5.41) is 8.87. The van der Waals surface area contributed by atoms with Crippen molar-refractivity contribution in [2.24, 2.45) is 0 Å². The summed E-state index contributed by atoms with van der Waals surface area (Å²) in [6, 6.07) is 4.89. The van der Waals surface area contributed by atoms with Gasteiger partial charge in [0.2, 0.25) is 5.91 Å². The van der Waals surface area contributed by atoms with Gasteiger partial charge in [0.05, 0.1) is 18.6 Å². The van der Waals surface area contributed by atoms with Crippen LogP contribution in [0.15, 0.2) is 24.3 Å². The van der Waals surface area contributed by atoms with Crippen LogP contribution in [0, 0.1) is 0 Å². The molecule has 1 aromatic carbocycles. The zero-order valence-corrected chi connectivity index (χ0v) is 12.1. The van der Waals surface area contributed by atoms with Crippen molar-refractivity contribution in [2.75, 3.05) is 39.3 Å². The molecule has 1 aromatic rings. The monoisotopic (exact) mass is 316 g/mol. The molecule has 2 rings (SSSR count). The summed E-state index contributed by atoms with van der Waals surface area (Å²) >= 11 is 0. The smallest absolute Gasteiger partial charge is 0.395 e. The number of aliphatic hydroxyl groups excluding tert-OH is 1. The van der Waals surface area contributed by atoms with Gasteiger partial charge in [0.25, 0.3) is 0 Å². The number of hydrogen-bond acceptors (Lipinski definition) is 3. The minimum atomic E-state index is -4.39. The zero-order chi connectivity index (χ0) is 16.2. The number of rotatable bonds is 4. The summed E-state index contributed by atoms with van der Waals surface area (Å²) in [6.45, 7) is 3.09. The van der Waals surface area contributed by atoms with E-state index in [2.05, 4.69) is 0 Å². The minimum Gasteiger partial charge on any atom is -0.395 e. The third-order valence-electron chi connectivity index (χ3n) is 3.75. The van der Waals surface area contributed by atoms with E-state index in [0.29, 0.717) is 38.3 Å². The molecule has 0 atom stereocenters. The van der Waals surface area contributed by atoms with Gasteiger partial charge >= 0.3 is 6.18 Å². The second kappa shape index (κ2) is 7.11. The lowest BCUT2D eigenvalue weighted by atomic mass is 10.1. The SMILES string of the molecule is O=C(Cc1cccc(C(F)(F)F)c1)N1CCN(CCO)CC1. The molecule has 4 nitrogen and oxygen atoms in total. The molecule has 0 aromatic heterocycles. The van der Waals surface area contributed by atoms with E-state index in [4.69, 9.17) is 5.11 Å². The highest BCUT2D eigenvalue weighted by Gasteiger charge is 2.30. The molecular weight excluding hydrogens is 297 g/mol. The normalized spacial score (nSPS) is 16.8. The van der Waals surface area contributed by atoms with Crippen LogP contribution >= 0.6 is 0 Å². The van der Waals surface area contributed by atoms with E-state index in [0.717, 1.165) is 12.1 Å². The Morgan fingerprint density at radius 1 is 1.18 bits per heavy atom. The van der Waals surface area contributed by atoms with Crippen molar-refractivity contribution < 1.29 is 23.1 Å². The zero-order valence-electron chi connectivity index (χ0n) is 12.1. The van der Waals surface area contributed by atoms with Crippen LogP contribution in [0.1, 0.15) is 11.1 Å². The fourth-order valence-electron chi connectivity index (χ4n) is 2.51. The number of β-amino-alcohol motifs (C(OH)–C–C–N with tert-alkyl or cyclic N) is 1. The van der Waals surface area contributed by atoms with Crippen LogP contribution in [0.5, 0.6) is 0 Å². The fourth-order valence-corrected chi connectivity index (χ4v) is 2.51. The van der Waals surface area contributed by atoms with Crippen LogP contribution in [-0.4, -0.2) is 60.1 Å². The second-order valence-electron chi connectivity index (χ2n) is 5.32. The van der Waals surface area contributed by atoms with E-state index >= 15 is 0 Å². The van der Waals surface area contributed by atoms with Gasteiger partial charge in [-0.2, -0.15) is 13.2 Å². The Balaban J connectivity index is 1.93. The number of hydrogen-bond donors (Lipinski definition) is 1. The van der Waals surface area contributed by atoms with Crippen LogP contribution < -0.4 is 0 Å². The van der Waals surface area contributed by atoms with Crippen molar-refractivity contribution in [3.63, 3.8) is 0 Å². The number of alkyl halides is 3. The molecule has 1 fully saturated rings. The first-order chi connectivity index (χ1) is 10.4. The van der Waals surface area contributed by atoms with E-state index in [1.54, 1.807) is 4.90 Å². The molecule has 0 spiro atoms. The van der Waals surface area contributed by atoms with Crippen molar-refractivity contribution in [2.45, 2.75) is 12.6 Å². The number of carbonyl (C=O) groups is 1. The number of amides is 1. The third kappa shape index (κ3) is 4.45. The lowest BCUT2D eigenvalue weighted by Gasteiger charge is -2.34. The maximum absolute atomic E-state index is 12.7. The predicted molar refractivity (Wildman–Crippen MR) is 75.3 cm³/mol. The standard InChI is InChI=1S/C15H19F3N2O2/c16-15(17,18)13-3-1-2-12(10-13)11-14(22)20-6-4-19(5-7-20)8-9-21/h1-3,10,21H,4-9,11H2. The molecule has 1 heterocycles. The molecule has 0 radical (unpaired) electrons. The highest BCUT2D eigenvalue weighted by Crippen LogP contribution is 2.29. The molecule has 22 heavy (non-hydrogen) atoms. The second-order valence-corrected chi connectivity index (χ2v) is 5.32. The van der Waals surface area contributed by atoms with Gasteiger partial charge in [0.1, 0.15) is 0 Å². The van der Waals surface area contributed by atoms with Crippen molar-refractivity contribution >= 4 is 5.91 Å². The number of nitrogens with zero attached hydrogens (tertiary/aromatic N) is 2. The quantitative estimate of drug-likeness (QED) is 0.913. The van der Waals surface area contributed by atoms with Gasteiger partial charge in [0.15, 0.2) is 0 Å². The Labute approximate surface area is 127 Å². The van der Waals surface area contributed by atoms with Crippen LogP contribution in [0.4, 0.5) is 13.2 Å². The number of aliphatic hydroxyl groups is 1. The maximum atomic E-state index is 12.7. The first-order valence-electron chi connectivity index (χ1n) is 7.17. The molecule has 7 heteroatoms. The first-order valence-corrected chi connectivity index (χ1v) is 7.17. The van der Waals surface area contributed by atoms with Crippen LogP contribution in [0.2, 0.25) is 0 Å². The third-order valence-corrected chi connectivity index (χ3v) is 3.75. The van der Waals surface area contributed by atoms with Gasteiger partial charge in [-0.25, -0.2) is 0 Å². The molecular formula is C15H19F3N2O2. The van der Waals surface area contributed by atoms with Gasteiger partial charge < -0.3 is 10.0 Å². The molecule has 0 unspecified atom stereocenters. The molecule has 1 aliphatic heterocycles. The predicted octanol–water partition coefficient (Wildman–Crippen LogP) is 1.38. The number of carbonyl (C=O) groups excluding carboxylic acids is 1. The Morgan fingerprint density at radius 2 is 1.86 bits per heavy atom. The Morgan fingerprint density at radius 3 is 2.45 bits per heavy atom. The van der Waals surface area contributed by atoms with Crippen molar-refractivity contribution in [1.29, 1.82) is 0 Å². The molecule has 1 N–H and O–H groups in total. The lowest BCUT2D eigenvalue weighted by molar-refractivity contribution is -0.138. The summed E-state index contributed by atoms with van der Waals surface area (Å²) in [7, 11) is 0. The van der Waals surface area contributed by atoms with Gasteiger partial charge in [-0.1, -0.05) is 18.2 Å². The number of piperazine rings is 1. The Bertz CT molecular complexity index is 512. The lowest BCUT2D eigenvalue weighted by Crippen LogP contribution is -2.49. The summed E-state index contributed by atoms with van der Waals surface area (Å²) in [4.78, 5) is 15.9. The molecule has 1 saturated heterocycles. The van der Waals surface area contributed by atoms with Crippen molar-refractivity contribution in [3.05, 3.63) is 35.4 Å². The number of halogens is 3. The summed E-state index contributed by atoms with van der Waals surface area (Å²) < 4.78 is 38.0. The van der Waals surface area contributed by atoms with Gasteiger partial charge in [-0.15, -0.1) is 0 Å². The summed E-state index contributed by atoms with van der Waals surface area (Å²) in [6.07, 6.45) is -4.42. The molecule has 0 bridgehead atoms. The first kappa shape index (κ1) is 16.8. The summed E-state index contributed by atoms with van der Waals surface area (Å²) in [5.41, 5.74) is -0.358. The van der Waals surface area contributed by atoms with E-state index in [9.17, 15) is 18.0 Å². The van der Waals surface area contributed by atoms with Crippen LogP contribution in [0.25, 0.3) is 0 Å². The Kier molecular flexibility index (Phi) is 5.42. The highest BCUT2D eigenvalue weighted by molar-refractivity contribution is 5.79. The van der Waals surface area contributed by atoms with Crippen LogP contribution in [-0.2, 0) is 17.4 Å². The van der Waals surface area contributed by atoms with Gasteiger partial charge in [0, 0.05) is 32.7 Å².